The van der Waals surface area contributed by atoms with Crippen molar-refractivity contribution in [2.24, 2.45) is 0 Å². The first kappa shape index (κ1) is 26.9. The summed E-state index contributed by atoms with van der Waals surface area (Å²) in [4.78, 5) is 28.4. The van der Waals surface area contributed by atoms with Gasteiger partial charge < -0.3 is 19.7 Å². The highest BCUT2D eigenvalue weighted by Gasteiger charge is 2.33. The average Bonchev–Trinajstić information content (AvgIpc) is 2.87. The van der Waals surface area contributed by atoms with Gasteiger partial charge in [-0.15, -0.1) is 11.6 Å². The number of nitrogens with one attached hydrogen (secondary N) is 1. The van der Waals surface area contributed by atoms with E-state index in [2.05, 4.69) is 5.32 Å². The molecule has 0 heterocycles. The smallest absolute Gasteiger partial charge is 0.247 e. The molecule has 2 aromatic rings. The lowest BCUT2D eigenvalue weighted by Crippen LogP contribution is -2.48. The number of nitrogens with zero attached hydrogens (tertiary/aromatic N) is 1. The summed E-state index contributed by atoms with van der Waals surface area (Å²) in [6.45, 7) is 4.25. The number of hydrogen-bond donors (Lipinski definition) is 1. The van der Waals surface area contributed by atoms with Crippen LogP contribution in [0.2, 0.25) is 0 Å². The second-order valence-electron chi connectivity index (χ2n) is 9.28. The molecule has 1 aliphatic rings. The molecule has 0 aromatic heterocycles. The van der Waals surface area contributed by atoms with Gasteiger partial charge in [-0.05, 0) is 56.4 Å². The molecule has 3 rings (SSSR count). The van der Waals surface area contributed by atoms with Crippen LogP contribution in [0.5, 0.6) is 11.5 Å². The maximum Gasteiger partial charge on any atom is 0.247 e. The van der Waals surface area contributed by atoms with Gasteiger partial charge in [-0.25, -0.2) is 0 Å². The van der Waals surface area contributed by atoms with Crippen molar-refractivity contribution in [2.75, 3.05) is 19.5 Å². The molecule has 0 saturated heterocycles. The topological polar surface area (TPSA) is 67.9 Å². The summed E-state index contributed by atoms with van der Waals surface area (Å²) in [6, 6.07) is 14.6. The fourth-order valence-electron chi connectivity index (χ4n) is 4.57. The monoisotopic (exact) mass is 500 g/mol. The number of methoxy groups -OCH3 is 1. The van der Waals surface area contributed by atoms with Gasteiger partial charge in [0.15, 0.2) is 11.5 Å². The second-order valence-corrected chi connectivity index (χ2v) is 9.55. The Balaban J connectivity index is 1.95. The van der Waals surface area contributed by atoms with Crippen LogP contribution in [0.3, 0.4) is 0 Å². The molecule has 1 atom stereocenters. The van der Waals surface area contributed by atoms with Crippen LogP contribution >= 0.6 is 11.6 Å². The zero-order valence-corrected chi connectivity index (χ0v) is 21.7. The van der Waals surface area contributed by atoms with Gasteiger partial charge >= 0.3 is 0 Å². The Hall–Kier alpha value is -2.73. The molecule has 35 heavy (non-hydrogen) atoms. The molecular formula is C28H37ClN2O4. The minimum absolute atomic E-state index is 0.0275. The van der Waals surface area contributed by atoms with Crippen LogP contribution in [0.15, 0.2) is 48.5 Å². The third-order valence-corrected chi connectivity index (χ3v) is 6.53. The lowest BCUT2D eigenvalue weighted by Gasteiger charge is -2.33. The van der Waals surface area contributed by atoms with Crippen molar-refractivity contribution in [3.63, 3.8) is 0 Å². The lowest BCUT2D eigenvalue weighted by atomic mass is 9.94. The Morgan fingerprint density at radius 3 is 2.40 bits per heavy atom. The van der Waals surface area contributed by atoms with Gasteiger partial charge in [0, 0.05) is 12.6 Å². The van der Waals surface area contributed by atoms with Crippen LogP contribution in [0.1, 0.15) is 63.1 Å². The molecule has 0 aliphatic heterocycles. The van der Waals surface area contributed by atoms with Crippen LogP contribution in [-0.2, 0) is 16.0 Å². The molecule has 0 radical (unpaired) electrons. The molecule has 6 nitrogen and oxygen atoms in total. The number of ether oxygens (including phenoxy) is 2. The zero-order chi connectivity index (χ0) is 25.2. The summed E-state index contributed by atoms with van der Waals surface area (Å²) in [7, 11) is 1.57. The predicted octanol–water partition coefficient (Wildman–Crippen LogP) is 5.28. The molecule has 1 N–H and O–H groups in total. The number of alkyl halides is 1. The summed E-state index contributed by atoms with van der Waals surface area (Å²) in [5.74, 6) is 0.439. The Kier molecular flexibility index (Phi) is 10.3. The van der Waals surface area contributed by atoms with E-state index in [9.17, 15) is 9.59 Å². The third-order valence-electron chi connectivity index (χ3n) is 6.30. The number of hydrogen-bond acceptors (Lipinski definition) is 4. The second kappa shape index (κ2) is 13.4. The summed E-state index contributed by atoms with van der Waals surface area (Å²) in [5.41, 5.74) is 1.75. The Bertz CT molecular complexity index is 961. The lowest BCUT2D eigenvalue weighted by molar-refractivity contribution is -0.139. The summed E-state index contributed by atoms with van der Waals surface area (Å²) in [6.07, 6.45) is 5.89. The molecule has 1 aliphatic carbocycles. The highest BCUT2D eigenvalue weighted by molar-refractivity contribution is 6.27. The summed E-state index contributed by atoms with van der Waals surface area (Å²) < 4.78 is 11.4. The van der Waals surface area contributed by atoms with Gasteiger partial charge in [0.25, 0.3) is 0 Å². The Morgan fingerprint density at radius 2 is 1.77 bits per heavy atom. The Morgan fingerprint density at radius 1 is 1.06 bits per heavy atom. The van der Waals surface area contributed by atoms with E-state index in [1.807, 2.05) is 50.2 Å². The molecule has 2 amide bonds. The van der Waals surface area contributed by atoms with Crippen molar-refractivity contribution >= 4 is 23.4 Å². The quantitative estimate of drug-likeness (QED) is 0.426. The first-order chi connectivity index (χ1) is 16.9. The van der Waals surface area contributed by atoms with E-state index in [1.165, 1.54) is 6.42 Å². The maximum absolute atomic E-state index is 13.7. The van der Waals surface area contributed by atoms with Gasteiger partial charge in [-0.2, -0.15) is 0 Å². The Labute approximate surface area is 213 Å². The van der Waals surface area contributed by atoms with Crippen molar-refractivity contribution in [3.8, 4) is 11.5 Å². The van der Waals surface area contributed by atoms with Crippen molar-refractivity contribution in [3.05, 3.63) is 59.7 Å². The molecule has 190 valence electrons. The minimum Gasteiger partial charge on any atom is -0.493 e. The van der Waals surface area contributed by atoms with E-state index in [1.54, 1.807) is 24.1 Å². The molecular weight excluding hydrogens is 464 g/mol. The van der Waals surface area contributed by atoms with Crippen LogP contribution < -0.4 is 14.8 Å². The van der Waals surface area contributed by atoms with Gasteiger partial charge in [0.2, 0.25) is 11.8 Å². The van der Waals surface area contributed by atoms with E-state index < -0.39 is 6.04 Å². The van der Waals surface area contributed by atoms with E-state index in [4.69, 9.17) is 21.1 Å². The van der Waals surface area contributed by atoms with Crippen molar-refractivity contribution in [2.45, 2.75) is 70.6 Å². The van der Waals surface area contributed by atoms with Crippen LogP contribution in [0, 0.1) is 0 Å². The normalized spacial score (nSPS) is 14.9. The minimum atomic E-state index is -0.825. The molecule has 7 heteroatoms. The third kappa shape index (κ3) is 7.63. The molecule has 2 aromatic carbocycles. The molecule has 1 saturated carbocycles. The van der Waals surface area contributed by atoms with E-state index in [-0.39, 0.29) is 29.8 Å². The molecule has 0 bridgehead atoms. The van der Waals surface area contributed by atoms with Gasteiger partial charge in [0.05, 0.1) is 13.2 Å². The van der Waals surface area contributed by atoms with Gasteiger partial charge in [-0.3, -0.25) is 9.59 Å². The van der Waals surface area contributed by atoms with Crippen LogP contribution in [-0.4, -0.2) is 48.4 Å². The van der Waals surface area contributed by atoms with Crippen LogP contribution in [0.25, 0.3) is 0 Å². The summed E-state index contributed by atoms with van der Waals surface area (Å²) in [5, 5.41) is 3.21. The molecule has 0 spiro atoms. The number of carbonyl (C=O) groups excluding carboxylic acids is 2. The number of amides is 2. The first-order valence-corrected chi connectivity index (χ1v) is 13.0. The van der Waals surface area contributed by atoms with E-state index >= 15 is 0 Å². The van der Waals surface area contributed by atoms with E-state index in [0.29, 0.717) is 30.0 Å². The van der Waals surface area contributed by atoms with Crippen molar-refractivity contribution in [1.29, 1.82) is 0 Å². The predicted molar refractivity (Wildman–Crippen MR) is 139 cm³/mol. The van der Waals surface area contributed by atoms with E-state index in [0.717, 1.165) is 31.2 Å². The summed E-state index contributed by atoms with van der Waals surface area (Å²) >= 11 is 6.03. The zero-order valence-electron chi connectivity index (χ0n) is 21.0. The van der Waals surface area contributed by atoms with Gasteiger partial charge in [-0.1, -0.05) is 55.7 Å². The SMILES string of the molecule is COc1cc(C(C(=O)NC2CCCCC2)N(CCc2ccccc2)C(=O)CCl)ccc1OC(C)C. The number of carbonyl (C=O) groups is 2. The molecule has 1 fully saturated rings. The van der Waals surface area contributed by atoms with Crippen molar-refractivity contribution < 1.29 is 19.1 Å². The van der Waals surface area contributed by atoms with Gasteiger partial charge in [0.1, 0.15) is 11.9 Å². The fourth-order valence-corrected chi connectivity index (χ4v) is 4.73. The highest BCUT2D eigenvalue weighted by Crippen LogP contribution is 2.34. The highest BCUT2D eigenvalue weighted by atomic mass is 35.5. The number of benzene rings is 2. The van der Waals surface area contributed by atoms with Crippen LogP contribution in [0.4, 0.5) is 0 Å². The largest absolute Gasteiger partial charge is 0.493 e. The number of halogens is 1. The first-order valence-electron chi connectivity index (χ1n) is 12.5. The number of rotatable bonds is 11. The fraction of sp³-hybridized carbons (Fsp3) is 0.500. The molecule has 1 unspecified atom stereocenters. The standard InChI is InChI=1S/C28H37ClN2O4/c1-20(2)35-24-15-14-22(18-25(24)34-3)27(28(33)30-23-12-8-5-9-13-23)31(26(32)19-29)17-16-21-10-6-4-7-11-21/h4,6-7,10-11,14-15,18,20,23,27H,5,8-9,12-13,16-17,19H2,1-3H3,(H,30,33). The average molecular weight is 501 g/mol. The maximum atomic E-state index is 13.7. The van der Waals surface area contributed by atoms with Crippen molar-refractivity contribution in [1.82, 2.24) is 10.2 Å².